The number of carbonyl (C=O) groups is 2. The molecule has 174 valence electrons. The van der Waals surface area contributed by atoms with Crippen molar-refractivity contribution in [3.63, 3.8) is 0 Å². The van der Waals surface area contributed by atoms with Crippen molar-refractivity contribution in [2.24, 2.45) is 0 Å². The number of carbonyl (C=O) groups excluding carboxylic acids is 2. The minimum Gasteiger partial charge on any atom is -0.360 e. The molecule has 1 aromatic heterocycles. The van der Waals surface area contributed by atoms with Crippen molar-refractivity contribution in [1.29, 1.82) is 0 Å². The molecule has 2 heterocycles. The van der Waals surface area contributed by atoms with Gasteiger partial charge in [-0.2, -0.15) is 4.31 Å². The molecule has 32 heavy (non-hydrogen) atoms. The summed E-state index contributed by atoms with van der Waals surface area (Å²) in [4.78, 5) is 26.5. The molecule has 10 nitrogen and oxygen atoms in total. The summed E-state index contributed by atoms with van der Waals surface area (Å²) >= 11 is 0. The summed E-state index contributed by atoms with van der Waals surface area (Å²) in [6.07, 6.45) is 0.517. The first-order valence-electron chi connectivity index (χ1n) is 10.5. The fourth-order valence-corrected chi connectivity index (χ4v) is 5.38. The summed E-state index contributed by atoms with van der Waals surface area (Å²) in [6, 6.07) is 6.33. The predicted octanol–water partition coefficient (Wildman–Crippen LogP) is 2.36. The van der Waals surface area contributed by atoms with Gasteiger partial charge >= 0.3 is 6.03 Å². The van der Waals surface area contributed by atoms with Gasteiger partial charge in [0.15, 0.2) is 5.76 Å². The van der Waals surface area contributed by atoms with E-state index in [4.69, 9.17) is 4.52 Å². The lowest BCUT2D eigenvalue weighted by molar-refractivity contribution is 0.0764. The van der Waals surface area contributed by atoms with Crippen LogP contribution in [0.2, 0.25) is 0 Å². The molecule has 0 spiro atoms. The van der Waals surface area contributed by atoms with Crippen LogP contribution < -0.4 is 10.6 Å². The molecular formula is C21H29N5O5S. The van der Waals surface area contributed by atoms with E-state index < -0.39 is 10.0 Å². The first-order valence-corrected chi connectivity index (χ1v) is 11.9. The molecule has 1 aliphatic rings. The maximum Gasteiger partial charge on any atom is 0.319 e. The van der Waals surface area contributed by atoms with E-state index in [0.717, 1.165) is 0 Å². The van der Waals surface area contributed by atoms with Crippen LogP contribution in [-0.2, 0) is 10.0 Å². The van der Waals surface area contributed by atoms with Gasteiger partial charge in [0, 0.05) is 43.5 Å². The molecule has 3 amide bonds. The Balaban J connectivity index is 1.65. The fourth-order valence-electron chi connectivity index (χ4n) is 3.62. The van der Waals surface area contributed by atoms with E-state index in [1.165, 1.54) is 4.31 Å². The number of nitrogens with one attached hydrogen (secondary N) is 2. The van der Waals surface area contributed by atoms with E-state index in [1.807, 2.05) is 13.8 Å². The molecule has 3 rings (SSSR count). The molecule has 1 saturated heterocycles. The van der Waals surface area contributed by atoms with Crippen molar-refractivity contribution in [2.75, 3.05) is 31.5 Å². The van der Waals surface area contributed by atoms with Gasteiger partial charge in [0.1, 0.15) is 10.6 Å². The number of hydrogen-bond acceptors (Lipinski definition) is 6. The molecule has 0 aliphatic carbocycles. The quantitative estimate of drug-likeness (QED) is 0.701. The smallest absolute Gasteiger partial charge is 0.319 e. The number of urea groups is 1. The molecule has 0 radical (unpaired) electrons. The summed E-state index contributed by atoms with van der Waals surface area (Å²) in [5.74, 6) is 0.0789. The molecular weight excluding hydrogens is 434 g/mol. The van der Waals surface area contributed by atoms with Crippen LogP contribution in [0.4, 0.5) is 10.5 Å². The summed E-state index contributed by atoms with van der Waals surface area (Å²) in [5, 5.41) is 9.19. The van der Waals surface area contributed by atoms with E-state index >= 15 is 0 Å². The molecule has 11 heteroatoms. The number of aromatic nitrogens is 1. The lowest BCUT2D eigenvalue weighted by Crippen LogP contribution is -2.37. The van der Waals surface area contributed by atoms with E-state index in [1.54, 1.807) is 43.0 Å². The number of benzene rings is 1. The second-order valence-electron chi connectivity index (χ2n) is 8.03. The number of sulfonamides is 1. The van der Waals surface area contributed by atoms with Gasteiger partial charge in [0.25, 0.3) is 5.91 Å². The number of nitrogens with zero attached hydrogens (tertiary/aromatic N) is 3. The first kappa shape index (κ1) is 23.7. The highest BCUT2D eigenvalue weighted by atomic mass is 32.2. The average molecular weight is 464 g/mol. The largest absolute Gasteiger partial charge is 0.360 e. The van der Waals surface area contributed by atoms with Gasteiger partial charge in [-0.25, -0.2) is 13.2 Å². The van der Waals surface area contributed by atoms with Crippen LogP contribution in [0.1, 0.15) is 42.1 Å². The van der Waals surface area contributed by atoms with Crippen molar-refractivity contribution in [3.8, 4) is 0 Å². The fraction of sp³-hybridized carbons (Fsp3) is 0.476. The number of aryl methyl sites for hydroxylation is 2. The van der Waals surface area contributed by atoms with Crippen molar-refractivity contribution < 1.29 is 22.5 Å². The zero-order valence-electron chi connectivity index (χ0n) is 18.7. The van der Waals surface area contributed by atoms with Crippen LogP contribution in [0.15, 0.2) is 33.7 Å². The third-order valence-electron chi connectivity index (χ3n) is 5.12. The highest BCUT2D eigenvalue weighted by molar-refractivity contribution is 7.89. The molecule has 1 fully saturated rings. The van der Waals surface area contributed by atoms with Crippen molar-refractivity contribution in [2.45, 2.75) is 45.1 Å². The number of anilines is 1. The van der Waals surface area contributed by atoms with E-state index in [9.17, 15) is 18.0 Å². The van der Waals surface area contributed by atoms with Gasteiger partial charge in [0.2, 0.25) is 10.0 Å². The molecule has 0 bridgehead atoms. The Labute approximate surface area is 188 Å². The lowest BCUT2D eigenvalue weighted by atomic mass is 10.1. The Kier molecular flexibility index (Phi) is 7.19. The summed E-state index contributed by atoms with van der Waals surface area (Å²) in [7, 11) is -3.75. The summed E-state index contributed by atoms with van der Waals surface area (Å²) in [5.41, 5.74) is 1.38. The molecule has 0 saturated carbocycles. The summed E-state index contributed by atoms with van der Waals surface area (Å²) in [6.45, 7) is 8.12. The molecule has 2 aromatic rings. The van der Waals surface area contributed by atoms with Gasteiger partial charge in [-0.1, -0.05) is 5.16 Å². The monoisotopic (exact) mass is 463 g/mol. The van der Waals surface area contributed by atoms with Crippen molar-refractivity contribution in [1.82, 2.24) is 19.7 Å². The third-order valence-corrected chi connectivity index (χ3v) is 7.26. The van der Waals surface area contributed by atoms with Crippen LogP contribution >= 0.6 is 0 Å². The second-order valence-corrected chi connectivity index (χ2v) is 9.91. The van der Waals surface area contributed by atoms with Crippen LogP contribution in [0.3, 0.4) is 0 Å². The zero-order valence-corrected chi connectivity index (χ0v) is 19.5. The van der Waals surface area contributed by atoms with E-state index in [2.05, 4.69) is 15.8 Å². The van der Waals surface area contributed by atoms with Crippen LogP contribution in [0.5, 0.6) is 0 Å². The summed E-state index contributed by atoms with van der Waals surface area (Å²) < 4.78 is 32.5. The standard InChI is InChI=1S/C21H29N5O5S/c1-14(2)22-21(28)23-18-8-6-17(7-9-18)20(27)25-10-5-11-26(13-12-25)32(29,30)19-15(3)24-31-16(19)4/h6-9,14H,5,10-13H2,1-4H3,(H2,22,23,28). The van der Waals surface area contributed by atoms with Gasteiger partial charge < -0.3 is 20.1 Å². The number of hydrogen-bond donors (Lipinski definition) is 2. The molecule has 1 aromatic carbocycles. The molecule has 0 unspecified atom stereocenters. The van der Waals surface area contributed by atoms with Crippen LogP contribution in [0, 0.1) is 13.8 Å². The zero-order chi connectivity index (χ0) is 23.5. The lowest BCUT2D eigenvalue weighted by Gasteiger charge is -2.22. The van der Waals surface area contributed by atoms with Gasteiger partial charge in [0.05, 0.1) is 0 Å². The molecule has 0 atom stereocenters. The minimum absolute atomic E-state index is 0.0138. The maximum atomic E-state index is 13.1. The SMILES string of the molecule is Cc1noc(C)c1S(=O)(=O)N1CCCN(C(=O)c2ccc(NC(=O)NC(C)C)cc2)CC1. The molecule has 1 aliphatic heterocycles. The van der Waals surface area contributed by atoms with Gasteiger partial charge in [-0.15, -0.1) is 0 Å². The Morgan fingerprint density at radius 3 is 2.34 bits per heavy atom. The Morgan fingerprint density at radius 2 is 1.75 bits per heavy atom. The van der Waals surface area contributed by atoms with Gasteiger partial charge in [-0.3, -0.25) is 4.79 Å². The minimum atomic E-state index is -3.75. The van der Waals surface area contributed by atoms with Gasteiger partial charge in [-0.05, 0) is 58.4 Å². The maximum absolute atomic E-state index is 13.1. The highest BCUT2D eigenvalue weighted by Crippen LogP contribution is 2.24. The Bertz CT molecular complexity index is 1060. The molecule has 2 N–H and O–H groups in total. The van der Waals surface area contributed by atoms with Crippen LogP contribution in [-0.4, -0.2) is 66.9 Å². The number of rotatable bonds is 5. The average Bonchev–Trinajstić information content (AvgIpc) is 2.92. The topological polar surface area (TPSA) is 125 Å². The van der Waals surface area contributed by atoms with E-state index in [0.29, 0.717) is 36.5 Å². The Morgan fingerprint density at radius 1 is 1.06 bits per heavy atom. The first-order chi connectivity index (χ1) is 15.1. The predicted molar refractivity (Wildman–Crippen MR) is 119 cm³/mol. The van der Waals surface area contributed by atoms with Crippen molar-refractivity contribution >= 4 is 27.6 Å². The van der Waals surface area contributed by atoms with Crippen LogP contribution in [0.25, 0.3) is 0 Å². The van der Waals surface area contributed by atoms with E-state index in [-0.39, 0.29) is 41.7 Å². The number of amides is 3. The second kappa shape index (κ2) is 9.70. The third kappa shape index (κ3) is 5.28. The van der Waals surface area contributed by atoms with Crippen molar-refractivity contribution in [3.05, 3.63) is 41.3 Å². The normalized spacial score (nSPS) is 15.5. The highest BCUT2D eigenvalue weighted by Gasteiger charge is 2.33. The Hall–Kier alpha value is -2.92.